The Hall–Kier alpha value is -0.300. The summed E-state index contributed by atoms with van der Waals surface area (Å²) in [4.78, 5) is 0. The van der Waals surface area contributed by atoms with Gasteiger partial charge in [-0.05, 0) is 6.92 Å². The van der Waals surface area contributed by atoms with E-state index >= 15 is 0 Å². The molecule has 1 rings (SSSR count). The van der Waals surface area contributed by atoms with Crippen LogP contribution in [-0.2, 0) is 4.74 Å². The van der Waals surface area contributed by atoms with Crippen molar-refractivity contribution in [3.63, 3.8) is 0 Å². The van der Waals surface area contributed by atoms with Gasteiger partial charge in [-0.25, -0.2) is 0 Å². The minimum atomic E-state index is 0.417. The van der Waals surface area contributed by atoms with Gasteiger partial charge in [0.2, 0.25) is 0 Å². The lowest BCUT2D eigenvalue weighted by Gasteiger charge is -2.20. The maximum absolute atomic E-state index is 5.30. The van der Waals surface area contributed by atoms with Crippen LogP contribution in [0.15, 0.2) is 12.2 Å². The van der Waals surface area contributed by atoms with Crippen molar-refractivity contribution in [2.45, 2.75) is 20.0 Å². The first-order valence-corrected chi connectivity index (χ1v) is 3.09. The molecule has 0 bridgehead atoms. The standard InChI is InChI=1S/C7H12O/c1-6-4-3-5-8-7(6)2/h3-4,6-7H,5H2,1-2H3/t6-,7+/m0/s1. The van der Waals surface area contributed by atoms with Crippen LogP contribution >= 0.6 is 0 Å². The first-order valence-electron chi connectivity index (χ1n) is 3.09. The summed E-state index contributed by atoms with van der Waals surface area (Å²) < 4.78 is 5.30. The van der Waals surface area contributed by atoms with Crippen LogP contribution in [-0.4, -0.2) is 12.7 Å². The fourth-order valence-electron chi connectivity index (χ4n) is 0.786. The summed E-state index contributed by atoms with van der Waals surface area (Å²) in [6.07, 6.45) is 4.69. The van der Waals surface area contributed by atoms with Gasteiger partial charge >= 0.3 is 0 Å². The molecule has 1 aliphatic rings. The summed E-state index contributed by atoms with van der Waals surface area (Å²) in [5.41, 5.74) is 0. The van der Waals surface area contributed by atoms with Gasteiger partial charge in [0.1, 0.15) is 0 Å². The Labute approximate surface area is 50.3 Å². The SMILES string of the molecule is C[C@H]1C=CCO[C@@H]1C. The van der Waals surface area contributed by atoms with E-state index in [2.05, 4.69) is 26.0 Å². The highest BCUT2D eigenvalue weighted by molar-refractivity contribution is 4.92. The molecule has 0 aromatic heterocycles. The van der Waals surface area contributed by atoms with Gasteiger partial charge in [0.05, 0.1) is 12.7 Å². The maximum Gasteiger partial charge on any atom is 0.0651 e. The Morgan fingerprint density at radius 1 is 1.50 bits per heavy atom. The molecule has 1 heteroatoms. The van der Waals surface area contributed by atoms with Gasteiger partial charge in [-0.3, -0.25) is 0 Å². The second-order valence-corrected chi connectivity index (χ2v) is 2.33. The highest BCUT2D eigenvalue weighted by Gasteiger charge is 2.11. The van der Waals surface area contributed by atoms with E-state index in [0.717, 1.165) is 6.61 Å². The summed E-state index contributed by atoms with van der Waals surface area (Å²) in [5, 5.41) is 0. The summed E-state index contributed by atoms with van der Waals surface area (Å²) >= 11 is 0. The lowest BCUT2D eigenvalue weighted by molar-refractivity contribution is 0.0525. The van der Waals surface area contributed by atoms with Gasteiger partial charge in [-0.2, -0.15) is 0 Å². The van der Waals surface area contributed by atoms with E-state index < -0.39 is 0 Å². The molecular formula is C7H12O. The maximum atomic E-state index is 5.30. The summed E-state index contributed by atoms with van der Waals surface area (Å²) in [6, 6.07) is 0. The molecule has 0 N–H and O–H groups in total. The van der Waals surface area contributed by atoms with Crippen molar-refractivity contribution < 1.29 is 4.74 Å². The predicted octanol–water partition coefficient (Wildman–Crippen LogP) is 1.60. The predicted molar refractivity (Wildman–Crippen MR) is 33.7 cm³/mol. The average Bonchev–Trinajstić information content (AvgIpc) is 1.77. The number of ether oxygens (including phenoxy) is 1. The van der Waals surface area contributed by atoms with Crippen LogP contribution in [0, 0.1) is 5.92 Å². The first kappa shape index (κ1) is 5.83. The van der Waals surface area contributed by atoms with Gasteiger partial charge in [0.25, 0.3) is 0 Å². The molecule has 0 aromatic carbocycles. The smallest absolute Gasteiger partial charge is 0.0651 e. The van der Waals surface area contributed by atoms with E-state index in [9.17, 15) is 0 Å². The Morgan fingerprint density at radius 3 is 2.62 bits per heavy atom. The highest BCUT2D eigenvalue weighted by atomic mass is 16.5. The third-order valence-electron chi connectivity index (χ3n) is 1.64. The zero-order valence-corrected chi connectivity index (χ0v) is 5.42. The second kappa shape index (κ2) is 2.31. The van der Waals surface area contributed by atoms with Crippen LogP contribution in [0.1, 0.15) is 13.8 Å². The molecule has 0 spiro atoms. The third kappa shape index (κ3) is 1.10. The largest absolute Gasteiger partial charge is 0.374 e. The molecular weight excluding hydrogens is 100 g/mol. The van der Waals surface area contributed by atoms with Crippen molar-refractivity contribution in [2.24, 2.45) is 5.92 Å². The monoisotopic (exact) mass is 112 g/mol. The minimum Gasteiger partial charge on any atom is -0.374 e. The van der Waals surface area contributed by atoms with Crippen LogP contribution in [0.3, 0.4) is 0 Å². The van der Waals surface area contributed by atoms with Crippen LogP contribution in [0.5, 0.6) is 0 Å². The molecule has 1 aliphatic heterocycles. The molecule has 0 unspecified atom stereocenters. The minimum absolute atomic E-state index is 0.417. The fourth-order valence-corrected chi connectivity index (χ4v) is 0.786. The molecule has 0 fully saturated rings. The molecule has 0 radical (unpaired) electrons. The summed E-state index contributed by atoms with van der Waals surface area (Å²) in [5.74, 6) is 0.601. The Morgan fingerprint density at radius 2 is 2.25 bits per heavy atom. The van der Waals surface area contributed by atoms with Gasteiger partial charge in [0, 0.05) is 5.92 Å². The number of hydrogen-bond donors (Lipinski definition) is 0. The third-order valence-corrected chi connectivity index (χ3v) is 1.64. The van der Waals surface area contributed by atoms with Crippen molar-refractivity contribution in [3.05, 3.63) is 12.2 Å². The molecule has 0 aromatic rings. The average molecular weight is 112 g/mol. The molecule has 8 heavy (non-hydrogen) atoms. The van der Waals surface area contributed by atoms with Crippen molar-refractivity contribution in [2.75, 3.05) is 6.61 Å². The van der Waals surface area contributed by atoms with E-state index in [1.165, 1.54) is 0 Å². The molecule has 1 heterocycles. The first-order chi connectivity index (χ1) is 3.80. The highest BCUT2D eigenvalue weighted by Crippen LogP contribution is 2.12. The van der Waals surface area contributed by atoms with E-state index in [4.69, 9.17) is 4.74 Å². The quantitative estimate of drug-likeness (QED) is 0.432. The van der Waals surface area contributed by atoms with Crippen LogP contribution < -0.4 is 0 Å². The lowest BCUT2D eigenvalue weighted by Crippen LogP contribution is -2.19. The van der Waals surface area contributed by atoms with Crippen molar-refractivity contribution in [1.29, 1.82) is 0 Å². The van der Waals surface area contributed by atoms with Crippen LogP contribution in [0.25, 0.3) is 0 Å². The van der Waals surface area contributed by atoms with Crippen molar-refractivity contribution in [3.8, 4) is 0 Å². The van der Waals surface area contributed by atoms with Gasteiger partial charge in [-0.1, -0.05) is 19.1 Å². The summed E-state index contributed by atoms with van der Waals surface area (Å²) in [7, 11) is 0. The van der Waals surface area contributed by atoms with Crippen LogP contribution in [0.2, 0.25) is 0 Å². The molecule has 46 valence electrons. The number of rotatable bonds is 0. The van der Waals surface area contributed by atoms with E-state index in [0.29, 0.717) is 12.0 Å². The Balaban J connectivity index is 2.47. The van der Waals surface area contributed by atoms with E-state index in [1.54, 1.807) is 0 Å². The van der Waals surface area contributed by atoms with Gasteiger partial charge in [0.15, 0.2) is 0 Å². The fraction of sp³-hybridized carbons (Fsp3) is 0.714. The van der Waals surface area contributed by atoms with Crippen molar-refractivity contribution in [1.82, 2.24) is 0 Å². The van der Waals surface area contributed by atoms with Gasteiger partial charge < -0.3 is 4.74 Å². The molecule has 0 amide bonds. The zero-order valence-electron chi connectivity index (χ0n) is 5.42. The molecule has 0 saturated heterocycles. The second-order valence-electron chi connectivity index (χ2n) is 2.33. The zero-order chi connectivity index (χ0) is 5.98. The molecule has 2 atom stereocenters. The number of hydrogen-bond acceptors (Lipinski definition) is 1. The van der Waals surface area contributed by atoms with E-state index in [1.807, 2.05) is 0 Å². The van der Waals surface area contributed by atoms with Crippen molar-refractivity contribution >= 4 is 0 Å². The lowest BCUT2D eigenvalue weighted by atomic mass is 10.0. The van der Waals surface area contributed by atoms with E-state index in [-0.39, 0.29) is 0 Å². The molecule has 0 aliphatic carbocycles. The molecule has 0 saturated carbocycles. The summed E-state index contributed by atoms with van der Waals surface area (Å²) in [6.45, 7) is 5.07. The Bertz CT molecular complexity index is 96.6. The topological polar surface area (TPSA) is 9.23 Å². The van der Waals surface area contributed by atoms with Gasteiger partial charge in [-0.15, -0.1) is 0 Å². The Kier molecular flexibility index (Phi) is 1.69. The molecule has 1 nitrogen and oxygen atoms in total. The normalized spacial score (nSPS) is 37.8. The van der Waals surface area contributed by atoms with Crippen LogP contribution in [0.4, 0.5) is 0 Å².